The van der Waals surface area contributed by atoms with Crippen molar-refractivity contribution < 1.29 is 4.79 Å². The van der Waals surface area contributed by atoms with Crippen molar-refractivity contribution in [1.82, 2.24) is 9.97 Å². The van der Waals surface area contributed by atoms with Crippen molar-refractivity contribution in [1.29, 1.82) is 0 Å². The molecule has 0 spiro atoms. The molecule has 0 aliphatic carbocycles. The first-order valence-corrected chi connectivity index (χ1v) is 6.60. The fraction of sp³-hybridized carbons (Fsp3) is 0. The van der Waals surface area contributed by atoms with Crippen LogP contribution in [0.4, 0.5) is 5.69 Å². The molecule has 3 rings (SSSR count). The van der Waals surface area contributed by atoms with Crippen LogP contribution in [0.1, 0.15) is 10.5 Å². The smallest absolute Gasteiger partial charge is 0.272 e. The first-order chi connectivity index (χ1) is 9.63. The van der Waals surface area contributed by atoms with E-state index in [0.717, 1.165) is 5.39 Å². The lowest BCUT2D eigenvalue weighted by atomic mass is 10.3. The molecule has 4 nitrogen and oxygen atoms in total. The maximum Gasteiger partial charge on any atom is 0.272 e. The van der Waals surface area contributed by atoms with Gasteiger partial charge in [-0.3, -0.25) is 4.79 Å². The van der Waals surface area contributed by atoms with E-state index < -0.39 is 0 Å². The lowest BCUT2D eigenvalue weighted by Crippen LogP contribution is -2.12. The fourth-order valence-electron chi connectivity index (χ4n) is 1.86. The first-order valence-electron chi connectivity index (χ1n) is 5.84. The van der Waals surface area contributed by atoms with Crippen LogP contribution >= 0.6 is 23.2 Å². The zero-order chi connectivity index (χ0) is 14.1. The van der Waals surface area contributed by atoms with Gasteiger partial charge in [0, 0.05) is 5.39 Å². The average molecular weight is 306 g/mol. The number of anilines is 1. The third kappa shape index (κ3) is 2.48. The van der Waals surface area contributed by atoms with Crippen LogP contribution in [0.15, 0.2) is 42.5 Å². The first kappa shape index (κ1) is 13.0. The zero-order valence-corrected chi connectivity index (χ0v) is 11.7. The Hall–Kier alpha value is -2.04. The lowest BCUT2D eigenvalue weighted by Gasteiger charge is -2.05. The Morgan fingerprint density at radius 3 is 2.75 bits per heavy atom. The van der Waals surface area contributed by atoms with Crippen molar-refractivity contribution in [3.05, 3.63) is 58.3 Å². The maximum absolute atomic E-state index is 12.2. The van der Waals surface area contributed by atoms with Crippen LogP contribution in [0, 0.1) is 0 Å². The predicted octanol–water partition coefficient (Wildman–Crippen LogP) is 4.12. The molecule has 2 aromatic heterocycles. The summed E-state index contributed by atoms with van der Waals surface area (Å²) >= 11 is 11.8. The standard InChI is InChI=1S/C14H9Cl2N3O/c15-9-3-1-2-4-10(9)18-14(20)11-7-8-5-6-12(16)19-13(8)17-11/h1-7H,(H,17,19)(H,18,20). The van der Waals surface area contributed by atoms with Crippen LogP contribution in [0.25, 0.3) is 11.0 Å². The highest BCUT2D eigenvalue weighted by Gasteiger charge is 2.11. The number of H-pyrrole nitrogens is 1. The minimum absolute atomic E-state index is 0.285. The molecule has 0 unspecified atom stereocenters. The molecule has 2 N–H and O–H groups in total. The fourth-order valence-corrected chi connectivity index (χ4v) is 2.19. The molecule has 0 bridgehead atoms. The van der Waals surface area contributed by atoms with E-state index in [0.29, 0.717) is 27.2 Å². The molecule has 0 radical (unpaired) electrons. The van der Waals surface area contributed by atoms with Crippen molar-refractivity contribution in [2.45, 2.75) is 0 Å². The van der Waals surface area contributed by atoms with Crippen molar-refractivity contribution in [2.75, 3.05) is 5.32 Å². The summed E-state index contributed by atoms with van der Waals surface area (Å²) in [6.07, 6.45) is 0. The van der Waals surface area contributed by atoms with Crippen LogP contribution in [-0.2, 0) is 0 Å². The molecule has 1 amide bonds. The minimum atomic E-state index is -0.285. The largest absolute Gasteiger partial charge is 0.335 e. The molecule has 0 aliphatic rings. The Morgan fingerprint density at radius 1 is 1.15 bits per heavy atom. The predicted molar refractivity (Wildman–Crippen MR) is 80.5 cm³/mol. The van der Waals surface area contributed by atoms with Gasteiger partial charge in [0.2, 0.25) is 0 Å². The normalized spacial score (nSPS) is 10.7. The summed E-state index contributed by atoms with van der Waals surface area (Å²) in [5.41, 5.74) is 1.53. The number of carbonyl (C=O) groups excluding carboxylic acids is 1. The summed E-state index contributed by atoms with van der Waals surface area (Å²) in [7, 11) is 0. The molecule has 0 fully saturated rings. The number of amides is 1. The summed E-state index contributed by atoms with van der Waals surface area (Å²) < 4.78 is 0. The molecule has 0 atom stereocenters. The van der Waals surface area contributed by atoms with Gasteiger partial charge in [-0.1, -0.05) is 35.3 Å². The van der Waals surface area contributed by atoms with E-state index >= 15 is 0 Å². The number of para-hydroxylation sites is 1. The van der Waals surface area contributed by atoms with Gasteiger partial charge in [0.1, 0.15) is 16.5 Å². The quantitative estimate of drug-likeness (QED) is 0.700. The van der Waals surface area contributed by atoms with E-state index in [1.165, 1.54) is 0 Å². The highest BCUT2D eigenvalue weighted by molar-refractivity contribution is 6.34. The number of hydrogen-bond acceptors (Lipinski definition) is 2. The van der Waals surface area contributed by atoms with Crippen LogP contribution in [-0.4, -0.2) is 15.9 Å². The number of benzene rings is 1. The summed E-state index contributed by atoms with van der Waals surface area (Å²) in [4.78, 5) is 19.2. The van der Waals surface area contributed by atoms with E-state index in [1.54, 1.807) is 42.5 Å². The van der Waals surface area contributed by atoms with Gasteiger partial charge in [0.25, 0.3) is 5.91 Å². The average Bonchev–Trinajstić information content (AvgIpc) is 2.84. The molecule has 0 saturated carbocycles. The van der Waals surface area contributed by atoms with E-state index in [1.807, 2.05) is 0 Å². The molecular formula is C14H9Cl2N3O. The number of nitrogens with zero attached hydrogens (tertiary/aromatic N) is 1. The Kier molecular flexibility index (Phi) is 3.34. The van der Waals surface area contributed by atoms with Crippen LogP contribution < -0.4 is 5.32 Å². The molecular weight excluding hydrogens is 297 g/mol. The van der Waals surface area contributed by atoms with Crippen molar-refractivity contribution in [3.63, 3.8) is 0 Å². The topological polar surface area (TPSA) is 57.8 Å². The second-order valence-electron chi connectivity index (χ2n) is 4.19. The zero-order valence-electron chi connectivity index (χ0n) is 10.2. The van der Waals surface area contributed by atoms with Crippen molar-refractivity contribution in [2.24, 2.45) is 0 Å². The van der Waals surface area contributed by atoms with Crippen LogP contribution in [0.2, 0.25) is 10.2 Å². The Bertz CT molecular complexity index is 798. The van der Waals surface area contributed by atoms with E-state index in [2.05, 4.69) is 15.3 Å². The van der Waals surface area contributed by atoms with Gasteiger partial charge >= 0.3 is 0 Å². The van der Waals surface area contributed by atoms with Gasteiger partial charge in [0.05, 0.1) is 10.7 Å². The molecule has 0 saturated heterocycles. The Labute approximate surface area is 124 Å². The summed E-state index contributed by atoms with van der Waals surface area (Å²) in [6, 6.07) is 12.2. The highest BCUT2D eigenvalue weighted by atomic mass is 35.5. The van der Waals surface area contributed by atoms with E-state index in [-0.39, 0.29) is 5.91 Å². The second-order valence-corrected chi connectivity index (χ2v) is 4.98. The maximum atomic E-state index is 12.2. The molecule has 6 heteroatoms. The van der Waals surface area contributed by atoms with Crippen LogP contribution in [0.5, 0.6) is 0 Å². The number of nitrogens with one attached hydrogen (secondary N) is 2. The summed E-state index contributed by atoms with van der Waals surface area (Å²) in [6.45, 7) is 0. The number of halogens is 2. The number of aromatic amines is 1. The Balaban J connectivity index is 1.91. The molecule has 20 heavy (non-hydrogen) atoms. The minimum Gasteiger partial charge on any atom is -0.335 e. The van der Waals surface area contributed by atoms with Gasteiger partial charge in [-0.2, -0.15) is 0 Å². The molecule has 0 aliphatic heterocycles. The molecule has 3 aromatic rings. The SMILES string of the molecule is O=C(Nc1ccccc1Cl)c1cc2ccc(Cl)nc2[nH]1. The van der Waals surface area contributed by atoms with Crippen molar-refractivity contribution >= 4 is 45.8 Å². The van der Waals surface area contributed by atoms with Gasteiger partial charge in [-0.25, -0.2) is 4.98 Å². The van der Waals surface area contributed by atoms with Crippen molar-refractivity contribution in [3.8, 4) is 0 Å². The van der Waals surface area contributed by atoms with Gasteiger partial charge in [-0.05, 0) is 30.3 Å². The number of hydrogen-bond donors (Lipinski definition) is 2. The third-order valence-electron chi connectivity index (χ3n) is 2.81. The lowest BCUT2D eigenvalue weighted by molar-refractivity contribution is 0.102. The monoisotopic (exact) mass is 305 g/mol. The number of aromatic nitrogens is 2. The van der Waals surface area contributed by atoms with Gasteiger partial charge < -0.3 is 10.3 Å². The van der Waals surface area contributed by atoms with E-state index in [4.69, 9.17) is 23.2 Å². The van der Waals surface area contributed by atoms with Gasteiger partial charge in [0.15, 0.2) is 0 Å². The Morgan fingerprint density at radius 2 is 1.95 bits per heavy atom. The van der Waals surface area contributed by atoms with Crippen LogP contribution in [0.3, 0.4) is 0 Å². The number of fused-ring (bicyclic) bond motifs is 1. The number of pyridine rings is 1. The third-order valence-corrected chi connectivity index (χ3v) is 3.35. The van der Waals surface area contributed by atoms with E-state index in [9.17, 15) is 4.79 Å². The summed E-state index contributed by atoms with van der Waals surface area (Å²) in [5, 5.41) is 4.41. The summed E-state index contributed by atoms with van der Waals surface area (Å²) in [5.74, 6) is -0.285. The second kappa shape index (κ2) is 5.15. The van der Waals surface area contributed by atoms with Gasteiger partial charge in [-0.15, -0.1) is 0 Å². The molecule has 100 valence electrons. The number of rotatable bonds is 2. The molecule has 1 aromatic carbocycles. The molecule has 2 heterocycles. The highest BCUT2D eigenvalue weighted by Crippen LogP contribution is 2.22. The number of carbonyl (C=O) groups is 1.